The van der Waals surface area contributed by atoms with Crippen LogP contribution in [0.25, 0.3) is 6.08 Å². The van der Waals surface area contributed by atoms with Gasteiger partial charge in [0.2, 0.25) is 0 Å². The van der Waals surface area contributed by atoms with Crippen LogP contribution in [0.1, 0.15) is 25.1 Å². The van der Waals surface area contributed by atoms with Gasteiger partial charge in [-0.3, -0.25) is 9.78 Å². The maximum Gasteiger partial charge on any atom is 0.262 e. The van der Waals surface area contributed by atoms with E-state index in [0.29, 0.717) is 40.4 Å². The van der Waals surface area contributed by atoms with Gasteiger partial charge in [0.1, 0.15) is 11.6 Å². The van der Waals surface area contributed by atoms with E-state index in [1.165, 1.54) is 6.08 Å². The zero-order valence-corrected chi connectivity index (χ0v) is 16.7. The lowest BCUT2D eigenvalue weighted by Crippen LogP contribution is -2.24. The van der Waals surface area contributed by atoms with E-state index in [9.17, 15) is 10.1 Å². The number of nitrogens with zero attached hydrogens (tertiary/aromatic N) is 2. The molecular formula is C20H20BrN3O3. The Balaban J connectivity index is 2.24. The fraction of sp³-hybridized carbons (Fsp3) is 0.250. The van der Waals surface area contributed by atoms with Crippen LogP contribution in [0.4, 0.5) is 0 Å². The van der Waals surface area contributed by atoms with Crippen LogP contribution < -0.4 is 14.8 Å². The molecule has 1 amide bonds. The van der Waals surface area contributed by atoms with Crippen molar-refractivity contribution >= 4 is 27.9 Å². The van der Waals surface area contributed by atoms with Crippen molar-refractivity contribution in [2.45, 2.75) is 20.4 Å². The largest absolute Gasteiger partial charge is 0.490 e. The van der Waals surface area contributed by atoms with E-state index < -0.39 is 5.91 Å². The van der Waals surface area contributed by atoms with Crippen LogP contribution in [0.15, 0.2) is 46.6 Å². The second-order valence-corrected chi connectivity index (χ2v) is 6.21. The third-order valence-corrected chi connectivity index (χ3v) is 4.17. The fourth-order valence-corrected chi connectivity index (χ4v) is 2.71. The summed E-state index contributed by atoms with van der Waals surface area (Å²) in [4.78, 5) is 16.5. The summed E-state index contributed by atoms with van der Waals surface area (Å²) in [6, 6.07) is 10.9. The zero-order valence-electron chi connectivity index (χ0n) is 15.2. The lowest BCUT2D eigenvalue weighted by molar-refractivity contribution is -0.117. The fourth-order valence-electron chi connectivity index (χ4n) is 2.27. The van der Waals surface area contributed by atoms with Gasteiger partial charge in [-0.25, -0.2) is 0 Å². The first kappa shape index (κ1) is 20.5. The van der Waals surface area contributed by atoms with Crippen LogP contribution >= 0.6 is 15.9 Å². The number of amides is 1. The molecule has 7 heteroatoms. The Hall–Kier alpha value is -2.85. The molecule has 0 atom stereocenters. The van der Waals surface area contributed by atoms with Gasteiger partial charge in [0.15, 0.2) is 11.5 Å². The molecule has 6 nitrogen and oxygen atoms in total. The summed E-state index contributed by atoms with van der Waals surface area (Å²) < 4.78 is 11.9. The number of pyridine rings is 1. The molecule has 2 aromatic rings. The number of aromatic nitrogens is 1. The molecule has 1 heterocycles. The number of carbonyl (C=O) groups is 1. The molecule has 0 unspecified atom stereocenters. The molecule has 1 aromatic heterocycles. The summed E-state index contributed by atoms with van der Waals surface area (Å²) in [6.07, 6.45) is 3.16. The van der Waals surface area contributed by atoms with Gasteiger partial charge in [0.25, 0.3) is 5.91 Å². The Morgan fingerprint density at radius 1 is 1.26 bits per heavy atom. The summed E-state index contributed by atoms with van der Waals surface area (Å²) in [5, 5.41) is 12.1. The van der Waals surface area contributed by atoms with E-state index in [0.717, 1.165) is 0 Å². The van der Waals surface area contributed by atoms with Crippen molar-refractivity contribution in [2.24, 2.45) is 0 Å². The second-order valence-electron chi connectivity index (χ2n) is 5.36. The van der Waals surface area contributed by atoms with Crippen LogP contribution in [-0.2, 0) is 11.3 Å². The van der Waals surface area contributed by atoms with Gasteiger partial charge in [-0.05, 0) is 49.8 Å². The van der Waals surface area contributed by atoms with E-state index >= 15 is 0 Å². The lowest BCUT2D eigenvalue weighted by Gasteiger charge is -2.13. The highest BCUT2D eigenvalue weighted by Crippen LogP contribution is 2.35. The number of halogens is 1. The first-order valence-electron chi connectivity index (χ1n) is 8.48. The molecule has 0 saturated carbocycles. The summed E-state index contributed by atoms with van der Waals surface area (Å²) >= 11 is 3.45. The van der Waals surface area contributed by atoms with Crippen molar-refractivity contribution in [3.63, 3.8) is 0 Å². The second kappa shape index (κ2) is 10.3. The zero-order chi connectivity index (χ0) is 19.6. The summed E-state index contributed by atoms with van der Waals surface area (Å²) in [5.74, 6) is 0.684. The minimum absolute atomic E-state index is 0.0155. The lowest BCUT2D eigenvalue weighted by atomic mass is 10.1. The SMILES string of the molecule is CCOc1cc(Br)c(C=C(C#N)C(=O)NCc2ccccn2)cc1OCC. The molecule has 1 aromatic carbocycles. The van der Waals surface area contributed by atoms with Gasteiger partial charge in [0, 0.05) is 10.7 Å². The molecule has 0 saturated heterocycles. The third kappa shape index (κ3) is 5.83. The molecule has 0 spiro atoms. The van der Waals surface area contributed by atoms with E-state index in [4.69, 9.17) is 9.47 Å². The Morgan fingerprint density at radius 3 is 2.56 bits per heavy atom. The van der Waals surface area contributed by atoms with E-state index in [1.807, 2.05) is 26.0 Å². The van der Waals surface area contributed by atoms with Crippen molar-refractivity contribution in [1.29, 1.82) is 5.26 Å². The number of hydrogen-bond acceptors (Lipinski definition) is 5. The van der Waals surface area contributed by atoms with Crippen molar-refractivity contribution in [3.05, 3.63) is 57.8 Å². The Labute approximate surface area is 167 Å². The molecule has 1 N–H and O–H groups in total. The molecule has 140 valence electrons. The summed E-state index contributed by atoms with van der Waals surface area (Å²) in [5.41, 5.74) is 1.34. The van der Waals surface area contributed by atoms with E-state index in [1.54, 1.807) is 30.5 Å². The summed E-state index contributed by atoms with van der Waals surface area (Å²) in [6.45, 7) is 4.98. The maximum atomic E-state index is 12.3. The van der Waals surface area contributed by atoms with Crippen LogP contribution in [0.3, 0.4) is 0 Å². The van der Waals surface area contributed by atoms with Gasteiger partial charge in [-0.15, -0.1) is 0 Å². The van der Waals surface area contributed by atoms with Crippen LogP contribution in [0.2, 0.25) is 0 Å². The van der Waals surface area contributed by atoms with Crippen molar-refractivity contribution in [2.75, 3.05) is 13.2 Å². The highest BCUT2D eigenvalue weighted by Gasteiger charge is 2.13. The molecule has 0 radical (unpaired) electrons. The van der Waals surface area contributed by atoms with Crippen LogP contribution in [0.5, 0.6) is 11.5 Å². The number of ether oxygens (including phenoxy) is 2. The summed E-state index contributed by atoms with van der Waals surface area (Å²) in [7, 11) is 0. The average Bonchev–Trinajstić information content (AvgIpc) is 2.68. The topological polar surface area (TPSA) is 84.2 Å². The predicted molar refractivity (Wildman–Crippen MR) is 106 cm³/mol. The highest BCUT2D eigenvalue weighted by atomic mass is 79.9. The van der Waals surface area contributed by atoms with Crippen molar-refractivity contribution in [3.8, 4) is 17.6 Å². The molecule has 0 aliphatic heterocycles. The average molecular weight is 430 g/mol. The number of carbonyl (C=O) groups excluding carboxylic acids is 1. The normalized spacial score (nSPS) is 10.8. The van der Waals surface area contributed by atoms with Crippen molar-refractivity contribution in [1.82, 2.24) is 10.3 Å². The molecule has 0 aliphatic rings. The first-order valence-corrected chi connectivity index (χ1v) is 9.27. The third-order valence-electron chi connectivity index (χ3n) is 3.48. The standard InChI is InChI=1S/C20H20BrN3O3/c1-3-26-18-10-14(17(21)11-19(18)27-4-2)9-15(12-22)20(25)24-13-16-7-5-6-8-23-16/h5-11H,3-4,13H2,1-2H3,(H,24,25). The van der Waals surface area contributed by atoms with Crippen LogP contribution in [0, 0.1) is 11.3 Å². The van der Waals surface area contributed by atoms with Gasteiger partial charge in [-0.2, -0.15) is 5.26 Å². The first-order chi connectivity index (χ1) is 13.1. The minimum Gasteiger partial charge on any atom is -0.490 e. The highest BCUT2D eigenvalue weighted by molar-refractivity contribution is 9.10. The van der Waals surface area contributed by atoms with Gasteiger partial charge >= 0.3 is 0 Å². The number of nitrogens with one attached hydrogen (secondary N) is 1. The van der Waals surface area contributed by atoms with Gasteiger partial charge in [0.05, 0.1) is 25.5 Å². The van der Waals surface area contributed by atoms with E-state index in [-0.39, 0.29) is 12.1 Å². The molecular weight excluding hydrogens is 410 g/mol. The quantitative estimate of drug-likeness (QED) is 0.508. The molecule has 0 fully saturated rings. The van der Waals surface area contributed by atoms with E-state index in [2.05, 4.69) is 26.2 Å². The Morgan fingerprint density at radius 2 is 1.96 bits per heavy atom. The molecule has 27 heavy (non-hydrogen) atoms. The monoisotopic (exact) mass is 429 g/mol. The van der Waals surface area contributed by atoms with Gasteiger partial charge in [-0.1, -0.05) is 22.0 Å². The molecule has 2 rings (SSSR count). The predicted octanol–water partition coefficient (Wildman–Crippen LogP) is 3.86. The van der Waals surface area contributed by atoms with Gasteiger partial charge < -0.3 is 14.8 Å². The number of hydrogen-bond donors (Lipinski definition) is 1. The van der Waals surface area contributed by atoms with Crippen LogP contribution in [-0.4, -0.2) is 24.1 Å². The maximum absolute atomic E-state index is 12.3. The number of rotatable bonds is 8. The number of nitriles is 1. The molecule has 0 aliphatic carbocycles. The number of benzene rings is 1. The van der Waals surface area contributed by atoms with Crippen molar-refractivity contribution < 1.29 is 14.3 Å². The smallest absolute Gasteiger partial charge is 0.262 e. The minimum atomic E-state index is -0.470. The Bertz CT molecular complexity index is 861. The Kier molecular flexibility index (Phi) is 7.83. The molecule has 0 bridgehead atoms.